The van der Waals surface area contributed by atoms with E-state index in [9.17, 15) is 8.78 Å². The molecule has 3 nitrogen and oxygen atoms in total. The highest BCUT2D eigenvalue weighted by atomic mass is 19.3. The van der Waals surface area contributed by atoms with Gasteiger partial charge in [-0.25, -0.2) is 8.78 Å². The largest absolute Gasteiger partial charge is 0.488 e. The van der Waals surface area contributed by atoms with Crippen LogP contribution in [0.5, 0.6) is 5.75 Å². The Hall–Kier alpha value is -1.20. The van der Waals surface area contributed by atoms with Gasteiger partial charge in [-0.2, -0.15) is 0 Å². The Morgan fingerprint density at radius 2 is 1.89 bits per heavy atom. The average molecular weight is 268 g/mol. The van der Waals surface area contributed by atoms with Crippen molar-refractivity contribution in [1.82, 2.24) is 10.2 Å². The molecule has 0 atom stereocenters. The van der Waals surface area contributed by atoms with E-state index in [2.05, 4.69) is 5.32 Å². The minimum Gasteiger partial charge on any atom is -0.488 e. The minimum atomic E-state index is -2.18. The number of benzene rings is 1. The molecule has 0 unspecified atom stereocenters. The first kappa shape index (κ1) is 12.8. The highest BCUT2D eigenvalue weighted by Gasteiger charge is 2.33. The molecule has 2 fully saturated rings. The van der Waals surface area contributed by atoms with E-state index in [1.165, 1.54) is 0 Å². The average Bonchev–Trinajstić information content (AvgIpc) is 2.29. The molecule has 0 spiro atoms. The second-order valence-electron chi connectivity index (χ2n) is 5.33. The first-order valence-corrected chi connectivity index (χ1v) is 6.67. The van der Waals surface area contributed by atoms with Crippen molar-refractivity contribution < 1.29 is 13.5 Å². The smallest absolute Gasteiger partial charge is 0.243 e. The molecule has 0 aliphatic carbocycles. The van der Waals surface area contributed by atoms with Crippen LogP contribution in [-0.2, 0) is 6.54 Å². The van der Waals surface area contributed by atoms with Crippen LogP contribution in [-0.4, -0.2) is 43.6 Å². The lowest BCUT2D eigenvalue weighted by Crippen LogP contribution is -2.50. The molecule has 2 aliphatic rings. The predicted octanol–water partition coefficient (Wildman–Crippen LogP) is 1.73. The van der Waals surface area contributed by atoms with Crippen molar-refractivity contribution >= 4 is 0 Å². The van der Waals surface area contributed by atoms with E-state index in [4.69, 9.17) is 4.74 Å². The number of ether oxygens (including phenoxy) is 1. The van der Waals surface area contributed by atoms with Gasteiger partial charge in [0.1, 0.15) is 11.9 Å². The minimum absolute atomic E-state index is 0.285. The van der Waals surface area contributed by atoms with Crippen molar-refractivity contribution in [1.29, 1.82) is 0 Å². The first-order valence-electron chi connectivity index (χ1n) is 6.67. The van der Waals surface area contributed by atoms with Gasteiger partial charge in [0.15, 0.2) is 0 Å². The molecular formula is C14H18F2N2O. The SMILES string of the molecule is FC(F)C1CN(Cc2ccc(OC3CNC3)cc2)C1. The number of alkyl halides is 2. The Labute approximate surface area is 111 Å². The quantitative estimate of drug-likeness (QED) is 0.880. The lowest BCUT2D eigenvalue weighted by molar-refractivity contribution is -0.0279. The third-order valence-corrected chi connectivity index (χ3v) is 3.72. The fraction of sp³-hybridized carbons (Fsp3) is 0.571. The van der Waals surface area contributed by atoms with Crippen LogP contribution < -0.4 is 10.1 Å². The first-order chi connectivity index (χ1) is 9.20. The number of halogens is 2. The van der Waals surface area contributed by atoms with Gasteiger partial charge >= 0.3 is 0 Å². The molecule has 0 amide bonds. The topological polar surface area (TPSA) is 24.5 Å². The molecular weight excluding hydrogens is 250 g/mol. The Morgan fingerprint density at radius 1 is 1.21 bits per heavy atom. The number of hydrogen-bond acceptors (Lipinski definition) is 3. The molecule has 0 saturated carbocycles. The third kappa shape index (κ3) is 3.04. The maximum atomic E-state index is 12.4. The molecule has 0 radical (unpaired) electrons. The van der Waals surface area contributed by atoms with E-state index in [-0.39, 0.29) is 6.10 Å². The molecule has 2 aliphatic heterocycles. The van der Waals surface area contributed by atoms with Crippen molar-refractivity contribution in [3.8, 4) is 5.75 Å². The van der Waals surface area contributed by atoms with E-state index in [0.29, 0.717) is 13.1 Å². The zero-order chi connectivity index (χ0) is 13.2. The van der Waals surface area contributed by atoms with Gasteiger partial charge in [0.25, 0.3) is 0 Å². The van der Waals surface area contributed by atoms with Crippen molar-refractivity contribution in [3.05, 3.63) is 29.8 Å². The van der Waals surface area contributed by atoms with Gasteiger partial charge in [0.2, 0.25) is 6.43 Å². The molecule has 0 aromatic heterocycles. The number of likely N-dealkylation sites (tertiary alicyclic amines) is 1. The normalized spacial score (nSPS) is 21.2. The summed E-state index contributed by atoms with van der Waals surface area (Å²) in [6.45, 7) is 3.57. The van der Waals surface area contributed by atoms with Crippen LogP contribution in [0.3, 0.4) is 0 Å². The van der Waals surface area contributed by atoms with Crippen LogP contribution in [0.15, 0.2) is 24.3 Å². The summed E-state index contributed by atoms with van der Waals surface area (Å²) in [7, 11) is 0. The predicted molar refractivity (Wildman–Crippen MR) is 68.5 cm³/mol. The molecule has 104 valence electrons. The summed E-state index contributed by atoms with van der Waals surface area (Å²) in [5, 5.41) is 3.15. The highest BCUT2D eigenvalue weighted by molar-refractivity contribution is 5.27. The fourth-order valence-electron chi connectivity index (χ4n) is 2.37. The Kier molecular flexibility index (Phi) is 3.66. The van der Waals surface area contributed by atoms with Gasteiger partial charge in [0.05, 0.1) is 0 Å². The Morgan fingerprint density at radius 3 is 2.42 bits per heavy atom. The standard InChI is InChI=1S/C14H18F2N2O/c15-14(16)11-8-18(9-11)7-10-1-3-12(4-2-10)19-13-5-17-6-13/h1-4,11,13-14,17H,5-9H2. The van der Waals surface area contributed by atoms with Crippen molar-refractivity contribution in [2.45, 2.75) is 19.1 Å². The number of nitrogens with one attached hydrogen (secondary N) is 1. The molecule has 19 heavy (non-hydrogen) atoms. The highest BCUT2D eigenvalue weighted by Crippen LogP contribution is 2.24. The van der Waals surface area contributed by atoms with Crippen molar-refractivity contribution in [2.24, 2.45) is 5.92 Å². The molecule has 3 rings (SSSR count). The molecule has 0 bridgehead atoms. The van der Waals surface area contributed by atoms with E-state index >= 15 is 0 Å². The van der Waals surface area contributed by atoms with Gasteiger partial charge in [-0.1, -0.05) is 12.1 Å². The lowest BCUT2D eigenvalue weighted by Gasteiger charge is -2.38. The maximum absolute atomic E-state index is 12.4. The summed E-state index contributed by atoms with van der Waals surface area (Å²) < 4.78 is 30.4. The summed E-state index contributed by atoms with van der Waals surface area (Å²) in [4.78, 5) is 2.04. The van der Waals surface area contributed by atoms with Crippen LogP contribution >= 0.6 is 0 Å². The Balaban J connectivity index is 1.46. The van der Waals surface area contributed by atoms with Crippen molar-refractivity contribution in [3.63, 3.8) is 0 Å². The lowest BCUT2D eigenvalue weighted by atomic mass is 10.00. The molecule has 1 N–H and O–H groups in total. The zero-order valence-corrected chi connectivity index (χ0v) is 10.7. The molecule has 1 aromatic rings. The third-order valence-electron chi connectivity index (χ3n) is 3.72. The number of hydrogen-bond donors (Lipinski definition) is 1. The number of rotatable bonds is 5. The van der Waals surface area contributed by atoms with E-state index in [1.54, 1.807) is 0 Å². The monoisotopic (exact) mass is 268 g/mol. The van der Waals surface area contributed by atoms with Crippen LogP contribution in [0.4, 0.5) is 8.78 Å². The van der Waals surface area contributed by atoms with Crippen molar-refractivity contribution in [2.75, 3.05) is 26.2 Å². The van der Waals surface area contributed by atoms with E-state index < -0.39 is 12.3 Å². The van der Waals surface area contributed by atoms with Gasteiger partial charge in [-0.05, 0) is 17.7 Å². The number of nitrogens with zero attached hydrogens (tertiary/aromatic N) is 1. The summed E-state index contributed by atoms with van der Waals surface area (Å²) in [6.07, 6.45) is -1.89. The van der Waals surface area contributed by atoms with Gasteiger partial charge in [-0.15, -0.1) is 0 Å². The summed E-state index contributed by atoms with van der Waals surface area (Å²) in [5.74, 6) is 0.443. The zero-order valence-electron chi connectivity index (χ0n) is 10.7. The Bertz CT molecular complexity index is 414. The second kappa shape index (κ2) is 5.43. The van der Waals surface area contributed by atoms with Crippen LogP contribution in [0.2, 0.25) is 0 Å². The summed E-state index contributed by atoms with van der Waals surface area (Å²) >= 11 is 0. The maximum Gasteiger partial charge on any atom is 0.243 e. The van der Waals surface area contributed by atoms with Crippen LogP contribution in [0, 0.1) is 5.92 Å². The fourth-order valence-corrected chi connectivity index (χ4v) is 2.37. The molecule has 1 aromatic carbocycles. The second-order valence-corrected chi connectivity index (χ2v) is 5.33. The van der Waals surface area contributed by atoms with E-state index in [1.807, 2.05) is 29.2 Å². The van der Waals surface area contributed by atoms with Gasteiger partial charge in [-0.3, -0.25) is 4.90 Å². The van der Waals surface area contributed by atoms with E-state index in [0.717, 1.165) is 30.9 Å². The van der Waals surface area contributed by atoms with Gasteiger partial charge in [0, 0.05) is 38.6 Å². The molecule has 2 heterocycles. The van der Waals surface area contributed by atoms with Gasteiger partial charge < -0.3 is 10.1 Å². The molecule has 2 saturated heterocycles. The summed E-state index contributed by atoms with van der Waals surface area (Å²) in [6, 6.07) is 7.93. The van der Waals surface area contributed by atoms with Crippen LogP contribution in [0.25, 0.3) is 0 Å². The summed E-state index contributed by atoms with van der Waals surface area (Å²) in [5.41, 5.74) is 1.15. The molecule has 5 heteroatoms. The van der Waals surface area contributed by atoms with Crippen LogP contribution in [0.1, 0.15) is 5.56 Å².